The second kappa shape index (κ2) is 9.32. The fourth-order valence-electron chi connectivity index (χ4n) is 2.76. The van der Waals surface area contributed by atoms with Crippen LogP contribution in [0, 0.1) is 0 Å². The van der Waals surface area contributed by atoms with Gasteiger partial charge in [-0.2, -0.15) is 0 Å². The number of methoxy groups -OCH3 is 1. The van der Waals surface area contributed by atoms with Crippen molar-refractivity contribution in [2.24, 2.45) is 4.99 Å². The summed E-state index contributed by atoms with van der Waals surface area (Å²) in [7, 11) is 1.27. The molecule has 0 aliphatic heterocycles. The molecule has 6 heteroatoms. The summed E-state index contributed by atoms with van der Waals surface area (Å²) < 4.78 is 4.84. The number of ether oxygens (including phenoxy) is 1. The van der Waals surface area contributed by atoms with Gasteiger partial charge in [0.1, 0.15) is 5.75 Å². The number of amides is 1. The maximum absolute atomic E-state index is 12.9. The maximum atomic E-state index is 12.9. The molecule has 0 saturated heterocycles. The fraction of sp³-hybridized carbons (Fsp3) is 0.0870. The Morgan fingerprint density at radius 3 is 2.34 bits per heavy atom. The number of carbonyl (C=O) groups excluding carboxylic acids is 2. The number of rotatable bonds is 6. The van der Waals surface area contributed by atoms with Gasteiger partial charge in [0.25, 0.3) is 5.91 Å². The van der Waals surface area contributed by atoms with Crippen LogP contribution in [-0.2, 0) is 9.53 Å². The lowest BCUT2D eigenvalue weighted by Crippen LogP contribution is -2.34. The van der Waals surface area contributed by atoms with E-state index in [0.717, 1.165) is 0 Å². The number of hydrogen-bond donors (Lipinski definition) is 2. The molecule has 1 atom stereocenters. The molecule has 0 saturated carbocycles. The number of hydrogen-bond acceptors (Lipinski definition) is 5. The highest BCUT2D eigenvalue weighted by Crippen LogP contribution is 2.22. The Morgan fingerprint density at radius 1 is 0.966 bits per heavy atom. The van der Waals surface area contributed by atoms with Gasteiger partial charge in [0.15, 0.2) is 6.04 Å². The average Bonchev–Trinajstić information content (AvgIpc) is 2.77. The zero-order valence-corrected chi connectivity index (χ0v) is 15.8. The zero-order chi connectivity index (χ0) is 20.6. The Morgan fingerprint density at radius 2 is 1.62 bits per heavy atom. The molecule has 0 unspecified atom stereocenters. The Kier molecular flexibility index (Phi) is 6.37. The largest absolute Gasteiger partial charge is 0.507 e. The van der Waals surface area contributed by atoms with Gasteiger partial charge in [-0.3, -0.25) is 9.79 Å². The molecule has 0 spiro atoms. The van der Waals surface area contributed by atoms with Crippen LogP contribution in [0.1, 0.15) is 27.5 Å². The van der Waals surface area contributed by atoms with E-state index in [1.807, 2.05) is 6.07 Å². The maximum Gasteiger partial charge on any atom is 0.333 e. The predicted octanol–water partition coefficient (Wildman–Crippen LogP) is 3.79. The predicted molar refractivity (Wildman–Crippen MR) is 110 cm³/mol. The molecule has 0 heterocycles. The number of para-hydroxylation sites is 2. The van der Waals surface area contributed by atoms with E-state index in [4.69, 9.17) is 4.74 Å². The summed E-state index contributed by atoms with van der Waals surface area (Å²) >= 11 is 0. The Balaban J connectivity index is 1.87. The molecule has 0 bridgehead atoms. The normalized spacial score (nSPS) is 11.8. The minimum absolute atomic E-state index is 0.0908. The number of aliphatic imine (C=N–C) groups is 1. The molecule has 6 nitrogen and oxygen atoms in total. The van der Waals surface area contributed by atoms with Crippen molar-refractivity contribution >= 4 is 23.8 Å². The molecule has 3 rings (SSSR count). The number of phenols is 1. The van der Waals surface area contributed by atoms with Crippen LogP contribution >= 0.6 is 0 Å². The lowest BCUT2D eigenvalue weighted by atomic mass is 10.1. The van der Waals surface area contributed by atoms with Gasteiger partial charge >= 0.3 is 5.97 Å². The average molecular weight is 388 g/mol. The van der Waals surface area contributed by atoms with Gasteiger partial charge in [0.2, 0.25) is 0 Å². The molecule has 0 aliphatic carbocycles. The second-order valence-corrected chi connectivity index (χ2v) is 6.17. The Labute approximate surface area is 168 Å². The number of nitrogens with one attached hydrogen (secondary N) is 1. The topological polar surface area (TPSA) is 88.0 Å². The molecule has 0 aromatic heterocycles. The van der Waals surface area contributed by atoms with Crippen LogP contribution in [0.5, 0.6) is 5.75 Å². The van der Waals surface area contributed by atoms with E-state index in [9.17, 15) is 14.7 Å². The van der Waals surface area contributed by atoms with Crippen molar-refractivity contribution in [3.05, 3.63) is 95.6 Å². The van der Waals surface area contributed by atoms with E-state index in [-0.39, 0.29) is 5.75 Å². The summed E-state index contributed by atoms with van der Waals surface area (Å²) in [6.45, 7) is 0. The van der Waals surface area contributed by atoms with Gasteiger partial charge in [-0.1, -0.05) is 54.6 Å². The molecule has 3 aromatic carbocycles. The van der Waals surface area contributed by atoms with Crippen LogP contribution < -0.4 is 5.32 Å². The molecular weight excluding hydrogens is 368 g/mol. The van der Waals surface area contributed by atoms with Crippen LogP contribution in [0.15, 0.2) is 83.9 Å². The molecule has 3 aromatic rings. The van der Waals surface area contributed by atoms with Gasteiger partial charge in [-0.05, 0) is 29.8 Å². The van der Waals surface area contributed by atoms with Crippen LogP contribution in [-0.4, -0.2) is 30.3 Å². The molecule has 1 amide bonds. The monoisotopic (exact) mass is 388 g/mol. The summed E-state index contributed by atoms with van der Waals surface area (Å²) in [5.41, 5.74) is 1.84. The first-order valence-corrected chi connectivity index (χ1v) is 8.95. The highest BCUT2D eigenvalue weighted by Gasteiger charge is 2.24. The molecule has 0 radical (unpaired) electrons. The zero-order valence-electron chi connectivity index (χ0n) is 15.8. The van der Waals surface area contributed by atoms with Gasteiger partial charge < -0.3 is 15.2 Å². The molecule has 2 N–H and O–H groups in total. The summed E-state index contributed by atoms with van der Waals surface area (Å²) in [5, 5.41) is 12.6. The number of phenolic OH excluding ortho intramolecular Hbond substituents is 1. The van der Waals surface area contributed by atoms with Gasteiger partial charge in [0.05, 0.1) is 18.4 Å². The van der Waals surface area contributed by atoms with Crippen molar-refractivity contribution in [3.63, 3.8) is 0 Å². The van der Waals surface area contributed by atoms with Gasteiger partial charge in [-0.25, -0.2) is 4.79 Å². The van der Waals surface area contributed by atoms with E-state index in [1.165, 1.54) is 13.3 Å². The number of nitrogens with zero attached hydrogens (tertiary/aromatic N) is 1. The quantitative estimate of drug-likeness (QED) is 0.497. The van der Waals surface area contributed by atoms with Crippen molar-refractivity contribution in [2.45, 2.75) is 6.04 Å². The van der Waals surface area contributed by atoms with Crippen molar-refractivity contribution < 1.29 is 19.4 Å². The summed E-state index contributed by atoms with van der Waals surface area (Å²) in [6, 6.07) is 21.4. The van der Waals surface area contributed by atoms with Gasteiger partial charge in [-0.15, -0.1) is 0 Å². The van der Waals surface area contributed by atoms with E-state index in [0.29, 0.717) is 22.4 Å². The van der Waals surface area contributed by atoms with Crippen molar-refractivity contribution in [1.29, 1.82) is 0 Å². The number of aromatic hydroxyl groups is 1. The summed E-state index contributed by atoms with van der Waals surface area (Å²) in [6.07, 6.45) is 1.48. The van der Waals surface area contributed by atoms with E-state index in [2.05, 4.69) is 10.3 Å². The Bertz CT molecular complexity index is 1030. The minimum atomic E-state index is -0.941. The van der Waals surface area contributed by atoms with E-state index < -0.39 is 17.9 Å². The highest BCUT2D eigenvalue weighted by molar-refractivity contribution is 6.02. The third kappa shape index (κ3) is 4.87. The lowest BCUT2D eigenvalue weighted by molar-refractivity contribution is -0.143. The van der Waals surface area contributed by atoms with Gasteiger partial charge in [0, 0.05) is 11.8 Å². The van der Waals surface area contributed by atoms with Crippen LogP contribution in [0.4, 0.5) is 5.69 Å². The van der Waals surface area contributed by atoms with Crippen molar-refractivity contribution in [1.82, 2.24) is 5.32 Å². The summed E-state index contributed by atoms with van der Waals surface area (Å²) in [5.74, 6) is -0.943. The van der Waals surface area contributed by atoms with Crippen LogP contribution in [0.2, 0.25) is 0 Å². The smallest absolute Gasteiger partial charge is 0.333 e. The molecular formula is C23H20N2O4. The Hall–Kier alpha value is -3.93. The minimum Gasteiger partial charge on any atom is -0.507 e. The van der Waals surface area contributed by atoms with Crippen molar-refractivity contribution in [2.75, 3.05) is 7.11 Å². The third-order valence-electron chi connectivity index (χ3n) is 4.27. The first-order valence-electron chi connectivity index (χ1n) is 8.95. The second-order valence-electron chi connectivity index (χ2n) is 6.17. The molecule has 146 valence electrons. The lowest BCUT2D eigenvalue weighted by Gasteiger charge is -2.17. The first-order chi connectivity index (χ1) is 14.1. The molecule has 29 heavy (non-hydrogen) atoms. The fourth-order valence-corrected chi connectivity index (χ4v) is 2.76. The van der Waals surface area contributed by atoms with Crippen molar-refractivity contribution in [3.8, 4) is 5.75 Å². The SMILES string of the molecule is COC(=O)[C@@H](NC(=O)c1ccccc1N=Cc1ccccc1O)c1ccccc1. The number of esters is 1. The standard InChI is InChI=1S/C23H20N2O4/c1-29-23(28)21(16-9-3-2-4-10-16)25-22(27)18-12-6-7-13-19(18)24-15-17-11-5-8-14-20(17)26/h2-15,21,26H,1H3,(H,25,27)/t21-/m0/s1. The van der Waals surface area contributed by atoms with E-state index in [1.54, 1.807) is 72.8 Å². The van der Waals surface area contributed by atoms with E-state index >= 15 is 0 Å². The first kappa shape index (κ1) is 19.8. The molecule has 0 fully saturated rings. The third-order valence-corrected chi connectivity index (χ3v) is 4.27. The molecule has 0 aliphatic rings. The number of carbonyl (C=O) groups is 2. The summed E-state index contributed by atoms with van der Waals surface area (Å²) in [4.78, 5) is 29.5. The number of benzene rings is 3. The highest BCUT2D eigenvalue weighted by atomic mass is 16.5. The van der Waals surface area contributed by atoms with Crippen LogP contribution in [0.3, 0.4) is 0 Å². The van der Waals surface area contributed by atoms with Crippen LogP contribution in [0.25, 0.3) is 0 Å².